The Morgan fingerprint density at radius 3 is 2.64 bits per heavy atom. The summed E-state index contributed by atoms with van der Waals surface area (Å²) in [7, 11) is 0. The zero-order chi connectivity index (χ0) is 10.8. The van der Waals surface area contributed by atoms with Crippen LogP contribution >= 0.6 is 11.6 Å². The average molecular weight is 218 g/mol. The lowest BCUT2D eigenvalue weighted by Crippen LogP contribution is -2.35. The van der Waals surface area contributed by atoms with Gasteiger partial charge in [0.15, 0.2) is 0 Å². The highest BCUT2D eigenvalue weighted by atomic mass is 35.5. The fourth-order valence-electron chi connectivity index (χ4n) is 1.15. The number of aliphatic hydroxyl groups excluding tert-OH is 1. The fourth-order valence-corrected chi connectivity index (χ4v) is 1.26. The predicted octanol–water partition coefficient (Wildman–Crippen LogP) is 1.69. The number of benzene rings is 1. The van der Waals surface area contributed by atoms with Crippen LogP contribution in [0.5, 0.6) is 0 Å². The molecule has 0 aliphatic heterocycles. The quantitative estimate of drug-likeness (QED) is 0.810. The van der Waals surface area contributed by atoms with E-state index in [0.29, 0.717) is 5.56 Å². The Morgan fingerprint density at radius 1 is 1.57 bits per heavy atom. The first kappa shape index (κ1) is 11.4. The number of aliphatic hydroxyl groups is 1. The molecule has 3 N–H and O–H groups in total. The molecule has 0 spiro atoms. The molecule has 0 radical (unpaired) electrons. The third-order valence-corrected chi connectivity index (χ3v) is 2.72. The molecule has 1 unspecified atom stereocenters. The zero-order valence-electron chi connectivity index (χ0n) is 7.93. The van der Waals surface area contributed by atoms with Crippen LogP contribution < -0.4 is 5.73 Å². The van der Waals surface area contributed by atoms with Crippen molar-refractivity contribution < 1.29 is 9.50 Å². The number of halogens is 2. The van der Waals surface area contributed by atoms with Gasteiger partial charge in [-0.1, -0.05) is 24.6 Å². The smallest absolute Gasteiger partial charge is 0.142 e. The molecule has 0 fully saturated rings. The largest absolute Gasteiger partial charge is 0.395 e. The van der Waals surface area contributed by atoms with Crippen molar-refractivity contribution >= 4 is 11.6 Å². The van der Waals surface area contributed by atoms with Gasteiger partial charge in [-0.3, -0.25) is 0 Å². The number of rotatable bonds is 3. The molecule has 4 heteroatoms. The van der Waals surface area contributed by atoms with E-state index in [0.717, 1.165) is 0 Å². The summed E-state index contributed by atoms with van der Waals surface area (Å²) >= 11 is 5.55. The SMILES string of the molecule is CC(CN)(CO)c1ccc(Cl)c(F)c1. The van der Waals surface area contributed by atoms with Gasteiger partial charge in [0.1, 0.15) is 5.82 Å². The fraction of sp³-hybridized carbons (Fsp3) is 0.400. The van der Waals surface area contributed by atoms with Gasteiger partial charge in [-0.2, -0.15) is 0 Å². The minimum absolute atomic E-state index is 0.0751. The Bertz CT molecular complexity index is 326. The molecule has 0 aliphatic rings. The van der Waals surface area contributed by atoms with Crippen molar-refractivity contribution in [1.82, 2.24) is 0 Å². The molecular formula is C10H13ClFNO. The van der Waals surface area contributed by atoms with Crippen molar-refractivity contribution in [2.24, 2.45) is 5.73 Å². The highest BCUT2D eigenvalue weighted by molar-refractivity contribution is 6.30. The van der Waals surface area contributed by atoms with E-state index in [1.165, 1.54) is 12.1 Å². The van der Waals surface area contributed by atoms with Crippen molar-refractivity contribution in [1.29, 1.82) is 0 Å². The van der Waals surface area contributed by atoms with Gasteiger partial charge in [0.25, 0.3) is 0 Å². The minimum atomic E-state index is -0.606. The van der Waals surface area contributed by atoms with Crippen molar-refractivity contribution in [2.45, 2.75) is 12.3 Å². The Labute approximate surface area is 87.5 Å². The summed E-state index contributed by atoms with van der Waals surface area (Å²) in [4.78, 5) is 0. The van der Waals surface area contributed by atoms with E-state index in [2.05, 4.69) is 0 Å². The van der Waals surface area contributed by atoms with E-state index in [-0.39, 0.29) is 18.2 Å². The van der Waals surface area contributed by atoms with E-state index in [4.69, 9.17) is 22.4 Å². The zero-order valence-corrected chi connectivity index (χ0v) is 8.68. The van der Waals surface area contributed by atoms with Gasteiger partial charge in [0.05, 0.1) is 11.6 Å². The monoisotopic (exact) mass is 217 g/mol. The molecule has 1 rings (SSSR count). The van der Waals surface area contributed by atoms with Crippen LogP contribution in [0.4, 0.5) is 4.39 Å². The van der Waals surface area contributed by atoms with Crippen molar-refractivity contribution in [3.63, 3.8) is 0 Å². The summed E-state index contributed by atoms with van der Waals surface area (Å²) in [5, 5.41) is 9.24. The highest BCUT2D eigenvalue weighted by Gasteiger charge is 2.24. The maximum Gasteiger partial charge on any atom is 0.142 e. The van der Waals surface area contributed by atoms with Crippen LogP contribution in [0.2, 0.25) is 5.02 Å². The summed E-state index contributed by atoms with van der Waals surface area (Å²) < 4.78 is 13.1. The van der Waals surface area contributed by atoms with Gasteiger partial charge in [-0.15, -0.1) is 0 Å². The van der Waals surface area contributed by atoms with Crippen molar-refractivity contribution in [2.75, 3.05) is 13.2 Å². The van der Waals surface area contributed by atoms with E-state index in [1.54, 1.807) is 13.0 Å². The van der Waals surface area contributed by atoms with Crippen LogP contribution in [0.15, 0.2) is 18.2 Å². The lowest BCUT2D eigenvalue weighted by atomic mass is 9.83. The summed E-state index contributed by atoms with van der Waals surface area (Å²) in [6, 6.07) is 4.45. The van der Waals surface area contributed by atoms with Gasteiger partial charge >= 0.3 is 0 Å². The highest BCUT2D eigenvalue weighted by Crippen LogP contribution is 2.25. The number of nitrogens with two attached hydrogens (primary N) is 1. The van der Waals surface area contributed by atoms with Crippen LogP contribution in [-0.4, -0.2) is 18.3 Å². The Kier molecular flexibility index (Phi) is 3.48. The van der Waals surface area contributed by atoms with Crippen LogP contribution in [0.3, 0.4) is 0 Å². The molecule has 1 aromatic carbocycles. The molecule has 14 heavy (non-hydrogen) atoms. The van der Waals surface area contributed by atoms with E-state index in [1.807, 2.05) is 0 Å². The first-order valence-corrected chi connectivity index (χ1v) is 4.68. The van der Waals surface area contributed by atoms with Gasteiger partial charge < -0.3 is 10.8 Å². The van der Waals surface area contributed by atoms with Gasteiger partial charge in [0, 0.05) is 12.0 Å². The second-order valence-electron chi connectivity index (χ2n) is 3.55. The molecule has 0 bridgehead atoms. The molecule has 0 heterocycles. The molecule has 1 atom stereocenters. The standard InChI is InChI=1S/C10H13ClFNO/c1-10(5-13,6-14)7-2-3-8(11)9(12)4-7/h2-4,14H,5-6,13H2,1H3. The van der Waals surface area contributed by atoms with Gasteiger partial charge in [-0.05, 0) is 17.7 Å². The normalized spacial score (nSPS) is 15.2. The third-order valence-electron chi connectivity index (χ3n) is 2.42. The van der Waals surface area contributed by atoms with Crippen LogP contribution in [0, 0.1) is 5.82 Å². The van der Waals surface area contributed by atoms with Crippen LogP contribution in [0.25, 0.3) is 0 Å². The molecule has 78 valence electrons. The van der Waals surface area contributed by atoms with Gasteiger partial charge in [0.2, 0.25) is 0 Å². The molecule has 2 nitrogen and oxygen atoms in total. The van der Waals surface area contributed by atoms with Gasteiger partial charge in [-0.25, -0.2) is 4.39 Å². The molecular weight excluding hydrogens is 205 g/mol. The van der Waals surface area contributed by atoms with E-state index < -0.39 is 11.2 Å². The predicted molar refractivity (Wildman–Crippen MR) is 54.9 cm³/mol. The molecule has 0 saturated carbocycles. The molecule has 0 saturated heterocycles. The second-order valence-corrected chi connectivity index (χ2v) is 3.96. The third kappa shape index (κ3) is 2.05. The van der Waals surface area contributed by atoms with Crippen LogP contribution in [-0.2, 0) is 5.41 Å². The van der Waals surface area contributed by atoms with E-state index >= 15 is 0 Å². The summed E-state index contributed by atoms with van der Waals surface area (Å²) in [6.07, 6.45) is 0. The topological polar surface area (TPSA) is 46.2 Å². The molecule has 0 amide bonds. The average Bonchev–Trinajstić information content (AvgIpc) is 2.21. The Balaban J connectivity index is 3.12. The Hall–Kier alpha value is -0.640. The molecule has 0 aromatic heterocycles. The van der Waals surface area contributed by atoms with Crippen molar-refractivity contribution in [3.05, 3.63) is 34.6 Å². The first-order valence-electron chi connectivity index (χ1n) is 4.30. The summed E-state index contributed by atoms with van der Waals surface area (Å²) in [6.45, 7) is 1.91. The maximum atomic E-state index is 13.1. The minimum Gasteiger partial charge on any atom is -0.395 e. The van der Waals surface area contributed by atoms with Crippen molar-refractivity contribution in [3.8, 4) is 0 Å². The first-order chi connectivity index (χ1) is 6.53. The summed E-state index contributed by atoms with van der Waals surface area (Å²) in [5.74, 6) is -0.489. The number of hydrogen-bond donors (Lipinski definition) is 2. The lowest BCUT2D eigenvalue weighted by molar-refractivity contribution is 0.210. The molecule has 1 aromatic rings. The second kappa shape index (κ2) is 4.26. The maximum absolute atomic E-state index is 13.1. The summed E-state index contributed by atoms with van der Waals surface area (Å²) in [5.41, 5.74) is 5.57. The number of hydrogen-bond acceptors (Lipinski definition) is 2. The van der Waals surface area contributed by atoms with Crippen LogP contribution in [0.1, 0.15) is 12.5 Å². The Morgan fingerprint density at radius 2 is 2.21 bits per heavy atom. The van der Waals surface area contributed by atoms with E-state index in [9.17, 15) is 4.39 Å². The molecule has 0 aliphatic carbocycles. The lowest BCUT2D eigenvalue weighted by Gasteiger charge is -2.25.